The third-order valence-corrected chi connectivity index (χ3v) is 3.47. The van der Waals surface area contributed by atoms with Crippen molar-refractivity contribution in [1.29, 1.82) is 0 Å². The number of rotatable bonds is 3. The minimum Gasteiger partial charge on any atom is -0.591 e. The van der Waals surface area contributed by atoms with Crippen LogP contribution in [0.1, 0.15) is 26.3 Å². The van der Waals surface area contributed by atoms with Gasteiger partial charge in [0.1, 0.15) is 21.9 Å². The van der Waals surface area contributed by atoms with Gasteiger partial charge in [0.15, 0.2) is 5.71 Å². The maximum Gasteiger partial charge on any atom is 0.285 e. The van der Waals surface area contributed by atoms with Crippen molar-refractivity contribution in [2.24, 2.45) is 4.40 Å². The molecule has 0 fully saturated rings. The fourth-order valence-electron chi connectivity index (χ4n) is 1.10. The molecular formula is C12H14F3NOS. The van der Waals surface area contributed by atoms with Crippen molar-refractivity contribution in [2.45, 2.75) is 31.9 Å². The molecule has 0 radical (unpaired) electrons. The molecule has 1 rings (SSSR count). The zero-order chi connectivity index (χ0) is 13.9. The fourth-order valence-corrected chi connectivity index (χ4v) is 1.73. The predicted molar refractivity (Wildman–Crippen MR) is 66.8 cm³/mol. The van der Waals surface area contributed by atoms with Crippen LogP contribution in [-0.2, 0) is 11.4 Å². The highest BCUT2D eigenvalue weighted by atomic mass is 32.2. The molecule has 1 aromatic rings. The lowest BCUT2D eigenvalue weighted by atomic mass is 10.1. The van der Waals surface area contributed by atoms with Crippen LogP contribution in [0.2, 0.25) is 0 Å². The first-order valence-corrected chi connectivity index (χ1v) is 6.38. The minimum atomic E-state index is -2.98. The van der Waals surface area contributed by atoms with Crippen molar-refractivity contribution in [2.75, 3.05) is 0 Å². The summed E-state index contributed by atoms with van der Waals surface area (Å²) in [5, 5.41) is 0. The SMILES string of the molecule is CC(C)(C)[S+]([O-])N=C(c1ccccc1F)C(F)F. The van der Waals surface area contributed by atoms with Crippen LogP contribution in [0.4, 0.5) is 13.2 Å². The van der Waals surface area contributed by atoms with E-state index in [-0.39, 0.29) is 5.56 Å². The summed E-state index contributed by atoms with van der Waals surface area (Å²) in [6.45, 7) is 4.82. The summed E-state index contributed by atoms with van der Waals surface area (Å²) in [5.74, 6) is -0.803. The van der Waals surface area contributed by atoms with Crippen molar-refractivity contribution in [3.05, 3.63) is 35.6 Å². The molecule has 0 aromatic heterocycles. The highest BCUT2D eigenvalue weighted by molar-refractivity contribution is 7.91. The van der Waals surface area contributed by atoms with Crippen LogP contribution < -0.4 is 0 Å². The van der Waals surface area contributed by atoms with Gasteiger partial charge >= 0.3 is 0 Å². The summed E-state index contributed by atoms with van der Waals surface area (Å²) < 4.78 is 53.6. The first-order chi connectivity index (χ1) is 8.23. The van der Waals surface area contributed by atoms with Crippen LogP contribution in [0.5, 0.6) is 0 Å². The molecule has 0 aliphatic rings. The summed E-state index contributed by atoms with van der Waals surface area (Å²) in [5.41, 5.74) is -1.09. The molecule has 0 amide bonds. The smallest absolute Gasteiger partial charge is 0.285 e. The lowest BCUT2D eigenvalue weighted by Crippen LogP contribution is -2.28. The third kappa shape index (κ3) is 3.74. The van der Waals surface area contributed by atoms with Gasteiger partial charge in [0.2, 0.25) is 0 Å². The van der Waals surface area contributed by atoms with Gasteiger partial charge in [-0.2, -0.15) is 0 Å². The van der Waals surface area contributed by atoms with Crippen LogP contribution in [0.3, 0.4) is 0 Å². The van der Waals surface area contributed by atoms with E-state index < -0.39 is 34.1 Å². The lowest BCUT2D eigenvalue weighted by Gasteiger charge is -2.19. The van der Waals surface area contributed by atoms with Gasteiger partial charge in [-0.1, -0.05) is 16.5 Å². The Kier molecular flexibility index (Phi) is 4.81. The van der Waals surface area contributed by atoms with E-state index in [9.17, 15) is 17.7 Å². The molecule has 6 heteroatoms. The molecule has 100 valence electrons. The van der Waals surface area contributed by atoms with E-state index in [1.165, 1.54) is 18.2 Å². The quantitative estimate of drug-likeness (QED) is 0.616. The first-order valence-electron chi connectivity index (χ1n) is 5.27. The Hall–Kier alpha value is -1.01. The molecule has 0 aliphatic carbocycles. The molecule has 0 saturated heterocycles. The molecule has 0 spiro atoms. The summed E-state index contributed by atoms with van der Waals surface area (Å²) in [6, 6.07) is 5.08. The van der Waals surface area contributed by atoms with Gasteiger partial charge in [-0.25, -0.2) is 13.2 Å². The molecule has 2 nitrogen and oxygen atoms in total. The van der Waals surface area contributed by atoms with Crippen LogP contribution in [0.15, 0.2) is 28.7 Å². The molecule has 0 saturated carbocycles. The van der Waals surface area contributed by atoms with Gasteiger partial charge in [0.05, 0.1) is 0 Å². The second-order valence-electron chi connectivity index (χ2n) is 4.62. The lowest BCUT2D eigenvalue weighted by molar-refractivity contribution is 0.226. The van der Waals surface area contributed by atoms with E-state index >= 15 is 0 Å². The van der Waals surface area contributed by atoms with E-state index in [2.05, 4.69) is 4.40 Å². The molecule has 0 N–H and O–H groups in total. The summed E-state index contributed by atoms with van der Waals surface area (Å²) >= 11 is -1.86. The van der Waals surface area contributed by atoms with E-state index in [0.29, 0.717) is 0 Å². The van der Waals surface area contributed by atoms with Gasteiger partial charge in [0, 0.05) is 5.56 Å². The van der Waals surface area contributed by atoms with Crippen molar-refractivity contribution < 1.29 is 17.7 Å². The zero-order valence-corrected chi connectivity index (χ0v) is 11.1. The third-order valence-electron chi connectivity index (χ3n) is 2.06. The van der Waals surface area contributed by atoms with Crippen LogP contribution in [0, 0.1) is 5.82 Å². The number of alkyl halides is 2. The summed E-state index contributed by atoms with van der Waals surface area (Å²) in [6.07, 6.45) is -2.98. The van der Waals surface area contributed by atoms with Crippen LogP contribution >= 0.6 is 0 Å². The average Bonchev–Trinajstić information content (AvgIpc) is 2.25. The molecule has 0 heterocycles. The van der Waals surface area contributed by atoms with Crippen molar-refractivity contribution >= 4 is 17.1 Å². The number of benzene rings is 1. The molecule has 0 bridgehead atoms. The molecule has 1 aromatic carbocycles. The Bertz CT molecular complexity index is 443. The maximum atomic E-state index is 13.4. The van der Waals surface area contributed by atoms with Crippen LogP contribution in [-0.4, -0.2) is 21.4 Å². The summed E-state index contributed by atoms with van der Waals surface area (Å²) in [4.78, 5) is 0. The van der Waals surface area contributed by atoms with E-state index in [1.54, 1.807) is 20.8 Å². The van der Waals surface area contributed by atoms with Gasteiger partial charge in [0.25, 0.3) is 6.43 Å². The minimum absolute atomic E-state index is 0.315. The topological polar surface area (TPSA) is 35.4 Å². The second-order valence-corrected chi connectivity index (χ2v) is 6.52. The number of halogens is 3. The highest BCUT2D eigenvalue weighted by Gasteiger charge is 2.30. The standard InChI is InChI=1S/C12H14F3NOS/c1-12(2,3)18(17)16-10(11(14)15)8-6-4-5-7-9(8)13/h4-7,11H,1-3H3. The predicted octanol–water partition coefficient (Wildman–Crippen LogP) is 3.34. The molecule has 0 aliphatic heterocycles. The Morgan fingerprint density at radius 1 is 1.28 bits per heavy atom. The first kappa shape index (κ1) is 15.0. The molecule has 1 atom stereocenters. The highest BCUT2D eigenvalue weighted by Crippen LogP contribution is 2.21. The summed E-state index contributed by atoms with van der Waals surface area (Å²) in [7, 11) is 0. The van der Waals surface area contributed by atoms with Gasteiger partial charge in [-0.3, -0.25) is 0 Å². The Morgan fingerprint density at radius 2 is 1.83 bits per heavy atom. The van der Waals surface area contributed by atoms with Gasteiger partial charge in [-0.05, 0) is 32.9 Å². The normalized spacial score (nSPS) is 15.0. The van der Waals surface area contributed by atoms with E-state index in [1.807, 2.05) is 0 Å². The largest absolute Gasteiger partial charge is 0.591 e. The van der Waals surface area contributed by atoms with Gasteiger partial charge in [-0.15, -0.1) is 0 Å². The number of nitrogens with zero attached hydrogens (tertiary/aromatic N) is 1. The Labute approximate surface area is 107 Å². The molecular weight excluding hydrogens is 263 g/mol. The number of hydrogen-bond donors (Lipinski definition) is 0. The van der Waals surface area contributed by atoms with E-state index in [0.717, 1.165) is 6.07 Å². The maximum absolute atomic E-state index is 13.4. The van der Waals surface area contributed by atoms with Gasteiger partial charge < -0.3 is 4.55 Å². The average molecular weight is 277 g/mol. The fraction of sp³-hybridized carbons (Fsp3) is 0.417. The van der Waals surface area contributed by atoms with E-state index in [4.69, 9.17) is 0 Å². The van der Waals surface area contributed by atoms with Crippen molar-refractivity contribution in [1.82, 2.24) is 0 Å². The van der Waals surface area contributed by atoms with Crippen LogP contribution in [0.25, 0.3) is 0 Å². The molecule has 1 unspecified atom stereocenters. The Morgan fingerprint density at radius 3 is 2.28 bits per heavy atom. The second kappa shape index (κ2) is 5.75. The zero-order valence-electron chi connectivity index (χ0n) is 10.3. The Balaban J connectivity index is 3.20. The monoisotopic (exact) mass is 277 g/mol. The number of hydrogen-bond acceptors (Lipinski definition) is 2. The van der Waals surface area contributed by atoms with Crippen molar-refractivity contribution in [3.8, 4) is 0 Å². The van der Waals surface area contributed by atoms with Crippen molar-refractivity contribution in [3.63, 3.8) is 0 Å². The molecule has 18 heavy (non-hydrogen) atoms.